The molecule has 2 unspecified atom stereocenters. The maximum Gasteiger partial charge on any atom is 0.129 e. The summed E-state index contributed by atoms with van der Waals surface area (Å²) in [4.78, 5) is 0. The van der Waals surface area contributed by atoms with Crippen LogP contribution in [0.2, 0.25) is 5.02 Å². The lowest BCUT2D eigenvalue weighted by Crippen LogP contribution is -2.09. The van der Waals surface area contributed by atoms with Crippen molar-refractivity contribution in [2.24, 2.45) is 0 Å². The van der Waals surface area contributed by atoms with Gasteiger partial charge in [0.15, 0.2) is 0 Å². The van der Waals surface area contributed by atoms with Gasteiger partial charge in [-0.05, 0) is 34.1 Å². The Labute approximate surface area is 134 Å². The minimum Gasteiger partial charge on any atom is -0.493 e. The third-order valence-electron chi connectivity index (χ3n) is 3.43. The molecule has 0 fully saturated rings. The highest BCUT2D eigenvalue weighted by atomic mass is 79.9. The highest BCUT2D eigenvalue weighted by Crippen LogP contribution is 2.45. The lowest BCUT2D eigenvalue weighted by atomic mass is 9.93. The lowest BCUT2D eigenvalue weighted by molar-refractivity contribution is 0.327. The predicted molar refractivity (Wildman–Crippen MR) is 82.4 cm³/mol. The van der Waals surface area contributed by atoms with Crippen LogP contribution in [-0.2, 0) is 0 Å². The summed E-state index contributed by atoms with van der Waals surface area (Å²) in [5.41, 5.74) is 1.40. The molecule has 0 aromatic heterocycles. The zero-order valence-electron chi connectivity index (χ0n) is 10.2. The van der Waals surface area contributed by atoms with E-state index in [2.05, 4.69) is 15.9 Å². The maximum atomic E-state index is 14.1. The molecule has 0 radical (unpaired) electrons. The van der Waals surface area contributed by atoms with Crippen molar-refractivity contribution >= 4 is 39.1 Å². The number of para-hydroxylation sites is 1. The molecule has 5 heteroatoms. The van der Waals surface area contributed by atoms with Crippen molar-refractivity contribution in [3.05, 3.63) is 62.8 Å². The molecular formula is C15H10BrCl2FO. The van der Waals surface area contributed by atoms with Gasteiger partial charge in [0.2, 0.25) is 0 Å². The molecule has 0 spiro atoms. The Hall–Kier alpha value is -0.770. The monoisotopic (exact) mass is 374 g/mol. The molecule has 2 aromatic rings. The average molecular weight is 376 g/mol. The molecule has 3 rings (SSSR count). The molecule has 0 N–H and O–H groups in total. The van der Waals surface area contributed by atoms with Crippen LogP contribution >= 0.6 is 39.1 Å². The van der Waals surface area contributed by atoms with Crippen molar-refractivity contribution in [1.29, 1.82) is 0 Å². The number of benzene rings is 2. The van der Waals surface area contributed by atoms with Gasteiger partial charge in [0.1, 0.15) is 11.6 Å². The Morgan fingerprint density at radius 1 is 1.30 bits per heavy atom. The van der Waals surface area contributed by atoms with Crippen molar-refractivity contribution in [1.82, 2.24) is 0 Å². The van der Waals surface area contributed by atoms with Crippen LogP contribution in [0.5, 0.6) is 5.75 Å². The third kappa shape index (κ3) is 2.43. The van der Waals surface area contributed by atoms with Crippen LogP contribution in [0, 0.1) is 5.82 Å². The Balaban J connectivity index is 1.98. The molecule has 0 saturated carbocycles. The number of fused-ring (bicyclic) bond motifs is 1. The van der Waals surface area contributed by atoms with Crippen LogP contribution in [-0.4, -0.2) is 6.61 Å². The van der Waals surface area contributed by atoms with Gasteiger partial charge in [0.05, 0.1) is 17.0 Å². The van der Waals surface area contributed by atoms with Crippen molar-refractivity contribution < 1.29 is 9.13 Å². The van der Waals surface area contributed by atoms with Gasteiger partial charge in [-0.1, -0.05) is 29.8 Å². The molecule has 0 saturated heterocycles. The van der Waals surface area contributed by atoms with Gasteiger partial charge in [-0.2, -0.15) is 0 Å². The van der Waals surface area contributed by atoms with Crippen LogP contribution in [0.1, 0.15) is 22.4 Å². The molecule has 1 aliphatic rings. The number of halogens is 4. The van der Waals surface area contributed by atoms with E-state index in [9.17, 15) is 4.39 Å². The van der Waals surface area contributed by atoms with Crippen LogP contribution in [0.15, 0.2) is 40.9 Å². The van der Waals surface area contributed by atoms with Crippen molar-refractivity contribution in [2.45, 2.75) is 11.3 Å². The van der Waals surface area contributed by atoms with E-state index in [0.29, 0.717) is 21.7 Å². The fourth-order valence-electron chi connectivity index (χ4n) is 2.40. The lowest BCUT2D eigenvalue weighted by Gasteiger charge is -2.18. The topological polar surface area (TPSA) is 9.23 Å². The summed E-state index contributed by atoms with van der Waals surface area (Å²) in [6, 6.07) is 10.6. The zero-order valence-corrected chi connectivity index (χ0v) is 13.3. The van der Waals surface area contributed by atoms with E-state index in [0.717, 1.165) is 11.3 Å². The molecule has 104 valence electrons. The van der Waals surface area contributed by atoms with Crippen LogP contribution < -0.4 is 4.74 Å². The van der Waals surface area contributed by atoms with Gasteiger partial charge in [-0.25, -0.2) is 4.39 Å². The van der Waals surface area contributed by atoms with Gasteiger partial charge in [0.25, 0.3) is 0 Å². The van der Waals surface area contributed by atoms with E-state index in [1.165, 1.54) is 6.07 Å². The number of hydrogen-bond donors (Lipinski definition) is 0. The molecule has 0 bridgehead atoms. The van der Waals surface area contributed by atoms with E-state index >= 15 is 0 Å². The van der Waals surface area contributed by atoms with Crippen molar-refractivity contribution in [3.63, 3.8) is 0 Å². The summed E-state index contributed by atoms with van der Waals surface area (Å²) >= 11 is 15.7. The first-order valence-corrected chi connectivity index (χ1v) is 7.69. The third-order valence-corrected chi connectivity index (χ3v) is 5.16. The molecule has 1 aliphatic heterocycles. The summed E-state index contributed by atoms with van der Waals surface area (Å²) in [5, 5.41) is -0.0801. The highest BCUT2D eigenvalue weighted by Gasteiger charge is 2.32. The molecule has 2 aromatic carbocycles. The van der Waals surface area contributed by atoms with Gasteiger partial charge >= 0.3 is 0 Å². The fraction of sp³-hybridized carbons (Fsp3) is 0.200. The van der Waals surface area contributed by atoms with Gasteiger partial charge in [-0.15, -0.1) is 11.6 Å². The first kappa shape index (κ1) is 14.2. The summed E-state index contributed by atoms with van der Waals surface area (Å²) < 4.78 is 20.2. The predicted octanol–water partition coefficient (Wildman–Crippen LogP) is 5.70. The molecule has 1 nitrogen and oxygen atoms in total. The largest absolute Gasteiger partial charge is 0.493 e. The number of alkyl halides is 1. The zero-order chi connectivity index (χ0) is 14.3. The van der Waals surface area contributed by atoms with Crippen LogP contribution in [0.4, 0.5) is 4.39 Å². The Morgan fingerprint density at radius 2 is 2.05 bits per heavy atom. The fourth-order valence-corrected chi connectivity index (χ4v) is 3.26. The Bertz CT molecular complexity index is 662. The Kier molecular flexibility index (Phi) is 3.93. The van der Waals surface area contributed by atoms with Gasteiger partial charge in [-0.3, -0.25) is 0 Å². The molecular weight excluding hydrogens is 366 g/mol. The minimum atomic E-state index is -0.524. The second-order valence-corrected chi connectivity index (χ2v) is 6.38. The molecule has 1 heterocycles. The van der Waals surface area contributed by atoms with Gasteiger partial charge < -0.3 is 4.74 Å². The number of ether oxygens (including phenoxy) is 1. The maximum absolute atomic E-state index is 14.1. The second kappa shape index (κ2) is 5.55. The quantitative estimate of drug-likeness (QED) is 0.483. The summed E-state index contributed by atoms with van der Waals surface area (Å²) in [5.74, 6) is 0.358. The van der Waals surface area contributed by atoms with E-state index < -0.39 is 5.38 Å². The number of hydrogen-bond acceptors (Lipinski definition) is 1. The van der Waals surface area contributed by atoms with E-state index in [1.807, 2.05) is 24.3 Å². The van der Waals surface area contributed by atoms with Crippen molar-refractivity contribution in [2.75, 3.05) is 6.61 Å². The van der Waals surface area contributed by atoms with Crippen LogP contribution in [0.25, 0.3) is 0 Å². The van der Waals surface area contributed by atoms with E-state index in [-0.39, 0.29) is 11.7 Å². The Morgan fingerprint density at radius 3 is 2.85 bits per heavy atom. The second-order valence-electron chi connectivity index (χ2n) is 4.64. The average Bonchev–Trinajstić information content (AvgIpc) is 2.86. The van der Waals surface area contributed by atoms with Crippen LogP contribution in [0.3, 0.4) is 0 Å². The smallest absolute Gasteiger partial charge is 0.129 e. The van der Waals surface area contributed by atoms with E-state index in [1.54, 1.807) is 6.07 Å². The number of rotatable bonds is 2. The van der Waals surface area contributed by atoms with Crippen molar-refractivity contribution in [3.8, 4) is 5.75 Å². The molecule has 0 aliphatic carbocycles. The summed E-state index contributed by atoms with van der Waals surface area (Å²) in [7, 11) is 0. The summed E-state index contributed by atoms with van der Waals surface area (Å²) in [6.07, 6.45) is 0. The molecule has 20 heavy (non-hydrogen) atoms. The normalized spacial score (nSPS) is 18.5. The van der Waals surface area contributed by atoms with Gasteiger partial charge in [0, 0.05) is 21.5 Å². The molecule has 2 atom stereocenters. The minimum absolute atomic E-state index is 0.0837. The SMILES string of the molecule is Fc1cc(Br)c(Cl)cc1C(Cl)C1COc2ccccc21. The first-order chi connectivity index (χ1) is 9.58. The van der Waals surface area contributed by atoms with E-state index in [4.69, 9.17) is 27.9 Å². The standard InChI is InChI=1S/C15H10BrCl2FO/c16-11-6-13(19)9(5-12(11)17)15(18)10-7-20-14-4-2-1-3-8(10)14/h1-6,10,15H,7H2. The molecule has 0 amide bonds. The first-order valence-electron chi connectivity index (χ1n) is 6.08. The summed E-state index contributed by atoms with van der Waals surface area (Å²) in [6.45, 7) is 0.445. The highest BCUT2D eigenvalue weighted by molar-refractivity contribution is 9.10.